The molecular formula is C6H15N3O5S. The van der Waals surface area contributed by atoms with E-state index in [1.807, 2.05) is 0 Å². The highest BCUT2D eigenvalue weighted by Crippen LogP contribution is 1.98. The van der Waals surface area contributed by atoms with Crippen molar-refractivity contribution in [3.63, 3.8) is 0 Å². The summed E-state index contributed by atoms with van der Waals surface area (Å²) in [7, 11) is -3.92. The van der Waals surface area contributed by atoms with Gasteiger partial charge in [0.1, 0.15) is 6.04 Å². The molecule has 0 aromatic rings. The van der Waals surface area contributed by atoms with Crippen LogP contribution in [0.25, 0.3) is 0 Å². The topological polar surface area (TPSA) is 147 Å². The lowest BCUT2D eigenvalue weighted by atomic mass is 10.2. The summed E-state index contributed by atoms with van der Waals surface area (Å²) in [5.74, 6) is -1.21. The summed E-state index contributed by atoms with van der Waals surface area (Å²) in [5.41, 5.74) is 5.18. The highest BCUT2D eigenvalue weighted by Gasteiger charge is 2.19. The van der Waals surface area contributed by atoms with Crippen LogP contribution in [0.5, 0.6) is 0 Å². The van der Waals surface area contributed by atoms with Gasteiger partial charge in [0.2, 0.25) is 0 Å². The Labute approximate surface area is 87.6 Å². The van der Waals surface area contributed by atoms with Crippen LogP contribution in [0.3, 0.4) is 0 Å². The zero-order valence-corrected chi connectivity index (χ0v) is 8.85. The van der Waals surface area contributed by atoms with E-state index in [2.05, 4.69) is 0 Å². The van der Waals surface area contributed by atoms with Gasteiger partial charge in [-0.3, -0.25) is 4.79 Å². The van der Waals surface area contributed by atoms with Gasteiger partial charge in [-0.05, 0) is 6.42 Å². The van der Waals surface area contributed by atoms with Crippen molar-refractivity contribution in [2.75, 3.05) is 19.7 Å². The fraction of sp³-hybridized carbons (Fsp3) is 0.833. The second-order valence-corrected chi connectivity index (χ2v) is 4.45. The molecule has 0 aliphatic heterocycles. The van der Waals surface area contributed by atoms with Crippen molar-refractivity contribution in [1.29, 1.82) is 0 Å². The molecule has 0 heterocycles. The standard InChI is InChI=1S/C6H15N3O5S/c7-5(6(11)12)1-2-9(3-4-10)15(8,13)14/h5,10H,1-4,7H2,(H,11,12)(H2,8,13,14)/t5-/m0/s1. The van der Waals surface area contributed by atoms with Crippen LogP contribution in [0.1, 0.15) is 6.42 Å². The van der Waals surface area contributed by atoms with Crippen LogP contribution in [0, 0.1) is 0 Å². The minimum atomic E-state index is -3.92. The molecule has 0 aromatic carbocycles. The van der Waals surface area contributed by atoms with Gasteiger partial charge in [0.05, 0.1) is 6.61 Å². The molecule has 0 fully saturated rings. The third-order valence-corrected chi connectivity index (χ3v) is 2.80. The highest BCUT2D eigenvalue weighted by molar-refractivity contribution is 7.86. The van der Waals surface area contributed by atoms with Gasteiger partial charge in [-0.25, -0.2) is 5.14 Å². The first-order chi connectivity index (χ1) is 6.79. The van der Waals surface area contributed by atoms with E-state index in [1.54, 1.807) is 0 Å². The molecule has 0 rings (SSSR count). The number of nitrogens with two attached hydrogens (primary N) is 2. The maximum Gasteiger partial charge on any atom is 0.320 e. The molecule has 0 amide bonds. The number of carbonyl (C=O) groups is 1. The number of aliphatic hydroxyl groups is 1. The lowest BCUT2D eigenvalue weighted by Gasteiger charge is -2.18. The molecule has 0 spiro atoms. The smallest absolute Gasteiger partial charge is 0.320 e. The second-order valence-electron chi connectivity index (χ2n) is 2.90. The van der Waals surface area contributed by atoms with E-state index >= 15 is 0 Å². The lowest BCUT2D eigenvalue weighted by molar-refractivity contribution is -0.138. The van der Waals surface area contributed by atoms with Gasteiger partial charge in [0, 0.05) is 13.1 Å². The van der Waals surface area contributed by atoms with E-state index < -0.39 is 28.8 Å². The molecule has 90 valence electrons. The summed E-state index contributed by atoms with van der Waals surface area (Å²) in [5, 5.41) is 21.8. The average Bonchev–Trinajstić information content (AvgIpc) is 2.09. The van der Waals surface area contributed by atoms with Gasteiger partial charge in [0.25, 0.3) is 10.2 Å². The molecule has 0 aromatic heterocycles. The summed E-state index contributed by atoms with van der Waals surface area (Å²) in [4.78, 5) is 10.3. The summed E-state index contributed by atoms with van der Waals surface area (Å²) in [6, 6.07) is -1.15. The molecule has 15 heavy (non-hydrogen) atoms. The molecule has 0 unspecified atom stereocenters. The molecule has 0 radical (unpaired) electrons. The monoisotopic (exact) mass is 241 g/mol. The minimum Gasteiger partial charge on any atom is -0.480 e. The zero-order chi connectivity index (χ0) is 12.1. The Morgan fingerprint density at radius 2 is 1.93 bits per heavy atom. The number of carboxylic acids is 1. The van der Waals surface area contributed by atoms with Crippen molar-refractivity contribution in [2.45, 2.75) is 12.5 Å². The van der Waals surface area contributed by atoms with Gasteiger partial charge in [-0.1, -0.05) is 0 Å². The second kappa shape index (κ2) is 5.98. The predicted octanol–water partition coefficient (Wildman–Crippen LogP) is -2.71. The number of carboxylic acid groups (broad SMARTS) is 1. The molecule has 0 saturated heterocycles. The Morgan fingerprint density at radius 3 is 2.27 bits per heavy atom. The van der Waals surface area contributed by atoms with E-state index in [4.69, 9.17) is 21.1 Å². The van der Waals surface area contributed by atoms with Crippen molar-refractivity contribution in [3.8, 4) is 0 Å². The van der Waals surface area contributed by atoms with Crippen molar-refractivity contribution in [2.24, 2.45) is 10.9 Å². The third kappa shape index (κ3) is 5.64. The molecule has 0 aliphatic carbocycles. The summed E-state index contributed by atoms with van der Waals surface area (Å²) in [6.45, 7) is -0.698. The van der Waals surface area contributed by atoms with Crippen LogP contribution in [0.2, 0.25) is 0 Å². The third-order valence-electron chi connectivity index (χ3n) is 1.72. The van der Waals surface area contributed by atoms with E-state index in [0.29, 0.717) is 0 Å². The SMILES string of the molecule is N[C@@H](CCN(CCO)S(N)(=O)=O)C(=O)O. The summed E-state index contributed by atoms with van der Waals surface area (Å²) in [6.07, 6.45) is -0.0637. The summed E-state index contributed by atoms with van der Waals surface area (Å²) >= 11 is 0. The van der Waals surface area contributed by atoms with Crippen LogP contribution < -0.4 is 10.9 Å². The van der Waals surface area contributed by atoms with Crippen LogP contribution in [0.4, 0.5) is 0 Å². The van der Waals surface area contributed by atoms with Crippen LogP contribution in [-0.4, -0.2) is 54.6 Å². The fourth-order valence-electron chi connectivity index (χ4n) is 0.884. The van der Waals surface area contributed by atoms with E-state index in [9.17, 15) is 13.2 Å². The van der Waals surface area contributed by atoms with Gasteiger partial charge in [-0.15, -0.1) is 0 Å². The molecule has 0 aliphatic rings. The van der Waals surface area contributed by atoms with Crippen molar-refractivity contribution >= 4 is 16.2 Å². The number of aliphatic hydroxyl groups excluding tert-OH is 1. The van der Waals surface area contributed by atoms with Crippen LogP contribution in [-0.2, 0) is 15.0 Å². The minimum absolute atomic E-state index is 0.0637. The zero-order valence-electron chi connectivity index (χ0n) is 8.04. The van der Waals surface area contributed by atoms with Crippen molar-refractivity contribution < 1.29 is 23.4 Å². The number of hydrogen-bond acceptors (Lipinski definition) is 5. The molecule has 8 nitrogen and oxygen atoms in total. The first-order valence-electron chi connectivity index (χ1n) is 4.16. The number of aliphatic carboxylic acids is 1. The maximum atomic E-state index is 10.9. The lowest BCUT2D eigenvalue weighted by Crippen LogP contribution is -2.42. The van der Waals surface area contributed by atoms with Crippen molar-refractivity contribution in [3.05, 3.63) is 0 Å². The molecule has 9 heteroatoms. The normalized spacial score (nSPS) is 14.1. The largest absolute Gasteiger partial charge is 0.480 e. The van der Waals surface area contributed by atoms with Crippen LogP contribution in [0.15, 0.2) is 0 Å². The first kappa shape index (κ1) is 14.3. The maximum absolute atomic E-state index is 10.9. The van der Waals surface area contributed by atoms with Crippen LogP contribution >= 0.6 is 0 Å². The molecular weight excluding hydrogens is 226 g/mol. The summed E-state index contributed by atoms with van der Waals surface area (Å²) < 4.78 is 22.6. The number of rotatable bonds is 7. The number of nitrogens with zero attached hydrogens (tertiary/aromatic N) is 1. The Morgan fingerprint density at radius 1 is 1.40 bits per heavy atom. The fourth-order valence-corrected chi connectivity index (χ4v) is 1.58. The predicted molar refractivity (Wildman–Crippen MR) is 52.0 cm³/mol. The Bertz CT molecular complexity index is 304. The Balaban J connectivity index is 4.26. The molecule has 1 atom stereocenters. The Hall–Kier alpha value is -0.740. The van der Waals surface area contributed by atoms with Crippen molar-refractivity contribution in [1.82, 2.24) is 4.31 Å². The average molecular weight is 241 g/mol. The first-order valence-corrected chi connectivity index (χ1v) is 5.66. The van der Waals surface area contributed by atoms with Gasteiger partial charge in [-0.2, -0.15) is 12.7 Å². The molecule has 0 bridgehead atoms. The Kier molecular flexibility index (Phi) is 5.68. The van der Waals surface area contributed by atoms with E-state index in [1.165, 1.54) is 0 Å². The molecule has 0 saturated carbocycles. The van der Waals surface area contributed by atoms with Gasteiger partial charge in [0.15, 0.2) is 0 Å². The highest BCUT2D eigenvalue weighted by atomic mass is 32.2. The van der Waals surface area contributed by atoms with Gasteiger partial charge < -0.3 is 15.9 Å². The van der Waals surface area contributed by atoms with Gasteiger partial charge >= 0.3 is 5.97 Å². The number of hydrogen-bond donors (Lipinski definition) is 4. The molecule has 6 N–H and O–H groups in total. The van der Waals surface area contributed by atoms with E-state index in [0.717, 1.165) is 4.31 Å². The van der Waals surface area contributed by atoms with E-state index in [-0.39, 0.29) is 19.5 Å². The quantitative estimate of drug-likeness (QED) is 0.381.